The first-order valence-corrected chi connectivity index (χ1v) is 14.1. The summed E-state index contributed by atoms with van der Waals surface area (Å²) in [6.45, 7) is 9.15. The van der Waals surface area contributed by atoms with Gasteiger partial charge in [0, 0.05) is 0 Å². The molecule has 0 radical (unpaired) electrons. The SMILES string of the molecule is C=CCO[C@@H]1C2OC(C)(C)OC2[C@@H](OCc2ccccc2)[C@H](OCc2ccc(OC)cc2)[C@@H]1OCc1ccccc1. The molecule has 0 N–H and O–H groups in total. The van der Waals surface area contributed by atoms with Gasteiger partial charge in [0.05, 0.1) is 33.5 Å². The maximum Gasteiger partial charge on any atom is 0.164 e. The van der Waals surface area contributed by atoms with Crippen LogP contribution < -0.4 is 4.74 Å². The molecule has 3 aromatic rings. The van der Waals surface area contributed by atoms with Gasteiger partial charge in [0.25, 0.3) is 0 Å². The zero-order valence-electron chi connectivity index (χ0n) is 24.0. The average Bonchev–Trinajstić information content (AvgIpc) is 3.33. The summed E-state index contributed by atoms with van der Waals surface area (Å²) in [5.41, 5.74) is 3.11. The van der Waals surface area contributed by atoms with E-state index >= 15 is 0 Å². The van der Waals surface area contributed by atoms with Crippen LogP contribution in [0.2, 0.25) is 0 Å². The van der Waals surface area contributed by atoms with E-state index in [1.54, 1.807) is 13.2 Å². The molecule has 1 heterocycles. The maximum atomic E-state index is 6.70. The molecule has 218 valence electrons. The van der Waals surface area contributed by atoms with E-state index in [9.17, 15) is 0 Å². The summed E-state index contributed by atoms with van der Waals surface area (Å²) in [6.07, 6.45) is -1.10. The Labute approximate surface area is 242 Å². The molecule has 0 amide bonds. The lowest BCUT2D eigenvalue weighted by atomic mass is 9.84. The van der Waals surface area contributed by atoms with Crippen molar-refractivity contribution in [3.63, 3.8) is 0 Å². The molecule has 2 unspecified atom stereocenters. The quantitative estimate of drug-likeness (QED) is 0.243. The first-order chi connectivity index (χ1) is 20.0. The number of benzene rings is 3. The van der Waals surface area contributed by atoms with Crippen LogP contribution in [0.5, 0.6) is 5.75 Å². The first kappa shape index (κ1) is 29.5. The van der Waals surface area contributed by atoms with Crippen LogP contribution in [-0.2, 0) is 48.2 Å². The minimum absolute atomic E-state index is 0.337. The Bertz CT molecular complexity index is 1210. The smallest absolute Gasteiger partial charge is 0.164 e. The molecule has 0 aromatic heterocycles. The van der Waals surface area contributed by atoms with Gasteiger partial charge in [-0.25, -0.2) is 0 Å². The minimum Gasteiger partial charge on any atom is -0.497 e. The molecule has 0 spiro atoms. The maximum absolute atomic E-state index is 6.70. The van der Waals surface area contributed by atoms with Gasteiger partial charge in [-0.1, -0.05) is 78.9 Å². The molecule has 0 bridgehead atoms. The van der Waals surface area contributed by atoms with Gasteiger partial charge < -0.3 is 33.2 Å². The molecule has 3 aromatic carbocycles. The fraction of sp³-hybridized carbons (Fsp3) is 0.412. The third kappa shape index (κ3) is 7.43. The lowest BCUT2D eigenvalue weighted by Gasteiger charge is -2.46. The summed E-state index contributed by atoms with van der Waals surface area (Å²) >= 11 is 0. The fourth-order valence-electron chi connectivity index (χ4n) is 5.46. The van der Waals surface area contributed by atoms with E-state index in [2.05, 4.69) is 6.58 Å². The Morgan fingerprint density at radius 3 is 1.54 bits per heavy atom. The van der Waals surface area contributed by atoms with E-state index < -0.39 is 42.4 Å². The summed E-state index contributed by atoms with van der Waals surface area (Å²) in [4.78, 5) is 0. The Morgan fingerprint density at radius 2 is 1.07 bits per heavy atom. The van der Waals surface area contributed by atoms with Crippen molar-refractivity contribution in [1.82, 2.24) is 0 Å². The lowest BCUT2D eigenvalue weighted by molar-refractivity contribution is -0.249. The molecule has 1 aliphatic heterocycles. The van der Waals surface area contributed by atoms with E-state index in [0.29, 0.717) is 26.4 Å². The van der Waals surface area contributed by atoms with E-state index in [1.165, 1.54) is 0 Å². The van der Waals surface area contributed by atoms with Gasteiger partial charge in [0.1, 0.15) is 42.4 Å². The van der Waals surface area contributed by atoms with Crippen LogP contribution in [0.4, 0.5) is 0 Å². The lowest BCUT2D eigenvalue weighted by Crippen LogP contribution is -2.65. The van der Waals surface area contributed by atoms with Gasteiger partial charge in [-0.2, -0.15) is 0 Å². The monoisotopic (exact) mass is 560 g/mol. The number of ether oxygens (including phenoxy) is 7. The number of rotatable bonds is 13. The van der Waals surface area contributed by atoms with Crippen molar-refractivity contribution in [3.05, 3.63) is 114 Å². The van der Waals surface area contributed by atoms with Gasteiger partial charge in [-0.05, 0) is 42.7 Å². The number of methoxy groups -OCH3 is 1. The molecule has 7 heteroatoms. The summed E-state index contributed by atoms with van der Waals surface area (Å²) in [5, 5.41) is 0. The van der Waals surface area contributed by atoms with Crippen molar-refractivity contribution in [3.8, 4) is 5.75 Å². The normalized spacial score (nSPS) is 26.8. The highest BCUT2D eigenvalue weighted by Crippen LogP contribution is 2.42. The predicted molar refractivity (Wildman–Crippen MR) is 155 cm³/mol. The molecule has 41 heavy (non-hydrogen) atoms. The Kier molecular flexibility index (Phi) is 9.88. The van der Waals surface area contributed by atoms with Crippen LogP contribution in [-0.4, -0.2) is 56.1 Å². The Morgan fingerprint density at radius 1 is 0.634 bits per heavy atom. The number of hydrogen-bond acceptors (Lipinski definition) is 7. The van der Waals surface area contributed by atoms with Crippen LogP contribution in [0, 0.1) is 0 Å². The predicted octanol–water partition coefficient (Wildman–Crippen LogP) is 5.86. The summed E-state index contributed by atoms with van der Waals surface area (Å²) in [5.74, 6) is -0.0343. The van der Waals surface area contributed by atoms with E-state index in [-0.39, 0.29) is 0 Å². The molecule has 1 saturated carbocycles. The summed E-state index contributed by atoms with van der Waals surface area (Å²) in [7, 11) is 1.65. The van der Waals surface area contributed by atoms with Crippen LogP contribution >= 0.6 is 0 Å². The highest BCUT2D eigenvalue weighted by molar-refractivity contribution is 5.27. The average molecular weight is 561 g/mol. The molecule has 5 rings (SSSR count). The van der Waals surface area contributed by atoms with Crippen molar-refractivity contribution >= 4 is 0 Å². The summed E-state index contributed by atoms with van der Waals surface area (Å²) in [6, 6.07) is 28.0. The Balaban J connectivity index is 1.47. The van der Waals surface area contributed by atoms with Crippen molar-refractivity contribution in [1.29, 1.82) is 0 Å². The number of fused-ring (bicyclic) bond motifs is 1. The van der Waals surface area contributed by atoms with Gasteiger partial charge in [-0.3, -0.25) is 0 Å². The second-order valence-electron chi connectivity index (χ2n) is 10.8. The van der Waals surface area contributed by atoms with Crippen molar-refractivity contribution in [2.45, 2.75) is 76.1 Å². The molecule has 1 aliphatic carbocycles. The molecule has 2 aliphatic rings. The first-order valence-electron chi connectivity index (χ1n) is 14.1. The van der Waals surface area contributed by atoms with Crippen LogP contribution in [0.25, 0.3) is 0 Å². The highest BCUT2D eigenvalue weighted by atomic mass is 16.8. The molecule has 1 saturated heterocycles. The number of hydrogen-bond donors (Lipinski definition) is 0. The third-order valence-corrected chi connectivity index (χ3v) is 7.36. The van der Waals surface area contributed by atoms with Crippen LogP contribution in [0.15, 0.2) is 97.6 Å². The fourth-order valence-corrected chi connectivity index (χ4v) is 5.46. The largest absolute Gasteiger partial charge is 0.497 e. The van der Waals surface area contributed by atoms with Gasteiger partial charge >= 0.3 is 0 Å². The van der Waals surface area contributed by atoms with Crippen LogP contribution in [0.1, 0.15) is 30.5 Å². The van der Waals surface area contributed by atoms with E-state index in [0.717, 1.165) is 22.4 Å². The topological polar surface area (TPSA) is 64.6 Å². The van der Waals surface area contributed by atoms with Crippen molar-refractivity contribution in [2.24, 2.45) is 0 Å². The van der Waals surface area contributed by atoms with Crippen molar-refractivity contribution < 1.29 is 33.2 Å². The van der Waals surface area contributed by atoms with E-state index in [4.69, 9.17) is 33.2 Å². The van der Waals surface area contributed by atoms with Gasteiger partial charge in [-0.15, -0.1) is 6.58 Å². The molecular weight excluding hydrogens is 520 g/mol. The third-order valence-electron chi connectivity index (χ3n) is 7.36. The molecule has 2 fully saturated rings. The standard InChI is InChI=1S/C34H40O7/c1-5-20-36-30-28(37-21-24-12-8-6-9-13-24)29(38-23-26-16-18-27(35-4)19-17-26)31(33-32(30)40-34(2,3)41-33)39-22-25-14-10-7-11-15-25/h5-19,28-33H,1,20-23H2,2-4H3/t28-,29+,30-,31-,32?,33?/m0/s1. The minimum atomic E-state index is -0.825. The zero-order chi connectivity index (χ0) is 28.7. The Hall–Kier alpha value is -3.04. The second-order valence-corrected chi connectivity index (χ2v) is 10.8. The molecule has 7 nitrogen and oxygen atoms in total. The zero-order valence-corrected chi connectivity index (χ0v) is 24.0. The molecular formula is C34H40O7. The van der Waals surface area contributed by atoms with Crippen LogP contribution in [0.3, 0.4) is 0 Å². The molecule has 6 atom stereocenters. The van der Waals surface area contributed by atoms with Crippen molar-refractivity contribution in [2.75, 3.05) is 13.7 Å². The second kappa shape index (κ2) is 13.7. The van der Waals surface area contributed by atoms with Gasteiger partial charge in [0.2, 0.25) is 0 Å². The highest BCUT2D eigenvalue weighted by Gasteiger charge is 2.60. The van der Waals surface area contributed by atoms with E-state index in [1.807, 2.05) is 98.8 Å². The summed E-state index contributed by atoms with van der Waals surface area (Å²) < 4.78 is 44.6. The van der Waals surface area contributed by atoms with Gasteiger partial charge in [0.15, 0.2) is 5.79 Å².